The lowest BCUT2D eigenvalue weighted by Crippen LogP contribution is -2.07. The van der Waals surface area contributed by atoms with Gasteiger partial charge in [0.15, 0.2) is 0 Å². The minimum absolute atomic E-state index is 0.194. The van der Waals surface area contributed by atoms with Crippen LogP contribution in [0.25, 0.3) is 21.7 Å². The second-order valence-electron chi connectivity index (χ2n) is 7.16. The van der Waals surface area contributed by atoms with Crippen LogP contribution in [-0.2, 0) is 17.9 Å². The normalized spacial score (nSPS) is 11.4. The zero-order valence-electron chi connectivity index (χ0n) is 16.1. The van der Waals surface area contributed by atoms with Crippen LogP contribution in [0.3, 0.4) is 0 Å². The van der Waals surface area contributed by atoms with Gasteiger partial charge in [-0.2, -0.15) is 0 Å². The zero-order valence-corrected chi connectivity index (χ0v) is 16.1. The number of hydrogen-bond acceptors (Lipinski definition) is 4. The Labute approximate surface area is 163 Å². The second kappa shape index (κ2) is 7.87. The molecule has 28 heavy (non-hydrogen) atoms. The molecule has 0 saturated carbocycles. The standard InChI is InChI=1S/C24H23NO3/c1-16(2)27-15-17-6-5-8-20(12-17)25-14-19-13-23(26)28-22-11-10-18-7-3-4-9-21(18)24(19)22/h3-13,16,25H,14-15H2,1-2H3. The van der Waals surface area contributed by atoms with E-state index < -0.39 is 0 Å². The molecule has 0 unspecified atom stereocenters. The molecular weight excluding hydrogens is 350 g/mol. The molecule has 0 atom stereocenters. The van der Waals surface area contributed by atoms with Gasteiger partial charge in [-0.15, -0.1) is 0 Å². The molecule has 1 aromatic heterocycles. The van der Waals surface area contributed by atoms with Gasteiger partial charge in [0.2, 0.25) is 0 Å². The molecule has 0 fully saturated rings. The van der Waals surface area contributed by atoms with Crippen molar-refractivity contribution in [2.45, 2.75) is 33.1 Å². The Hall–Kier alpha value is -3.11. The van der Waals surface area contributed by atoms with E-state index in [-0.39, 0.29) is 11.7 Å². The number of ether oxygens (including phenoxy) is 1. The summed E-state index contributed by atoms with van der Waals surface area (Å²) in [6.07, 6.45) is 0.194. The molecule has 0 bridgehead atoms. The minimum atomic E-state index is -0.335. The number of hydrogen-bond donors (Lipinski definition) is 1. The molecule has 0 amide bonds. The van der Waals surface area contributed by atoms with Gasteiger partial charge in [0, 0.05) is 23.7 Å². The number of nitrogens with one attached hydrogen (secondary N) is 1. The van der Waals surface area contributed by atoms with Crippen LogP contribution in [-0.4, -0.2) is 6.10 Å². The van der Waals surface area contributed by atoms with Crippen LogP contribution in [0, 0.1) is 0 Å². The molecule has 4 rings (SSSR count). The Morgan fingerprint density at radius 2 is 1.86 bits per heavy atom. The average Bonchev–Trinajstić information content (AvgIpc) is 2.70. The third kappa shape index (κ3) is 3.92. The predicted octanol–water partition coefficient (Wildman–Crippen LogP) is 5.48. The lowest BCUT2D eigenvalue weighted by atomic mass is 10.0. The summed E-state index contributed by atoms with van der Waals surface area (Å²) in [5.41, 5.74) is 3.31. The van der Waals surface area contributed by atoms with Crippen LogP contribution in [0.15, 0.2) is 75.9 Å². The van der Waals surface area contributed by atoms with Gasteiger partial charge in [0.25, 0.3) is 0 Å². The summed E-state index contributed by atoms with van der Waals surface area (Å²) >= 11 is 0. The molecule has 0 spiro atoms. The van der Waals surface area contributed by atoms with Gasteiger partial charge >= 0.3 is 5.63 Å². The van der Waals surface area contributed by atoms with E-state index in [0.29, 0.717) is 18.7 Å². The SMILES string of the molecule is CC(C)OCc1cccc(NCc2cc(=O)oc3ccc4ccccc4c23)c1. The fourth-order valence-electron chi connectivity index (χ4n) is 3.39. The lowest BCUT2D eigenvalue weighted by molar-refractivity contribution is 0.0657. The molecule has 4 aromatic rings. The van der Waals surface area contributed by atoms with Crippen molar-refractivity contribution in [1.82, 2.24) is 0 Å². The first-order chi connectivity index (χ1) is 13.6. The highest BCUT2D eigenvalue weighted by molar-refractivity contribution is 6.07. The molecule has 4 nitrogen and oxygen atoms in total. The second-order valence-corrected chi connectivity index (χ2v) is 7.16. The molecule has 0 aliphatic carbocycles. The fraction of sp³-hybridized carbons (Fsp3) is 0.208. The molecule has 0 aliphatic heterocycles. The summed E-state index contributed by atoms with van der Waals surface area (Å²) in [7, 11) is 0. The van der Waals surface area contributed by atoms with E-state index in [4.69, 9.17) is 9.15 Å². The zero-order chi connectivity index (χ0) is 19.5. The van der Waals surface area contributed by atoms with E-state index >= 15 is 0 Å². The summed E-state index contributed by atoms with van der Waals surface area (Å²) in [6.45, 7) is 5.16. The van der Waals surface area contributed by atoms with Gasteiger partial charge in [-0.3, -0.25) is 0 Å². The van der Waals surface area contributed by atoms with Crippen molar-refractivity contribution in [2.24, 2.45) is 0 Å². The maximum absolute atomic E-state index is 12.0. The third-order valence-electron chi connectivity index (χ3n) is 4.71. The molecule has 1 heterocycles. The Morgan fingerprint density at radius 3 is 2.71 bits per heavy atom. The Kier molecular flexibility index (Phi) is 5.13. The largest absolute Gasteiger partial charge is 0.423 e. The molecule has 0 aliphatic rings. The van der Waals surface area contributed by atoms with Crippen LogP contribution >= 0.6 is 0 Å². The maximum Gasteiger partial charge on any atom is 0.336 e. The third-order valence-corrected chi connectivity index (χ3v) is 4.71. The topological polar surface area (TPSA) is 51.5 Å². The smallest absolute Gasteiger partial charge is 0.336 e. The summed E-state index contributed by atoms with van der Waals surface area (Å²) in [6, 6.07) is 21.7. The van der Waals surface area contributed by atoms with Gasteiger partial charge < -0.3 is 14.5 Å². The van der Waals surface area contributed by atoms with E-state index in [1.807, 2.05) is 56.3 Å². The van der Waals surface area contributed by atoms with Gasteiger partial charge in [-0.25, -0.2) is 4.79 Å². The summed E-state index contributed by atoms with van der Waals surface area (Å²) in [5.74, 6) is 0. The molecular formula is C24H23NO3. The van der Waals surface area contributed by atoms with Crippen LogP contribution in [0.5, 0.6) is 0 Å². The van der Waals surface area contributed by atoms with E-state index in [9.17, 15) is 4.79 Å². The maximum atomic E-state index is 12.0. The van der Waals surface area contributed by atoms with E-state index in [1.54, 1.807) is 6.07 Å². The summed E-state index contributed by atoms with van der Waals surface area (Å²) in [4.78, 5) is 12.0. The predicted molar refractivity (Wildman–Crippen MR) is 114 cm³/mol. The molecule has 0 radical (unpaired) electrons. The summed E-state index contributed by atoms with van der Waals surface area (Å²) in [5, 5.41) is 6.62. The van der Waals surface area contributed by atoms with Crippen LogP contribution < -0.4 is 10.9 Å². The average molecular weight is 373 g/mol. The number of anilines is 1. The van der Waals surface area contributed by atoms with Crippen molar-refractivity contribution >= 4 is 27.4 Å². The first-order valence-corrected chi connectivity index (χ1v) is 9.49. The highest BCUT2D eigenvalue weighted by Gasteiger charge is 2.10. The van der Waals surface area contributed by atoms with Crippen molar-refractivity contribution < 1.29 is 9.15 Å². The van der Waals surface area contributed by atoms with E-state index in [0.717, 1.165) is 33.0 Å². The molecule has 4 heteroatoms. The Bertz CT molecular complexity index is 1180. The first-order valence-electron chi connectivity index (χ1n) is 9.49. The van der Waals surface area contributed by atoms with Crippen molar-refractivity contribution in [1.29, 1.82) is 0 Å². The highest BCUT2D eigenvalue weighted by atomic mass is 16.5. The highest BCUT2D eigenvalue weighted by Crippen LogP contribution is 2.28. The molecule has 3 aromatic carbocycles. The van der Waals surface area contributed by atoms with Crippen LogP contribution in [0.2, 0.25) is 0 Å². The van der Waals surface area contributed by atoms with Crippen molar-refractivity contribution in [3.05, 3.63) is 88.3 Å². The van der Waals surface area contributed by atoms with E-state index in [1.165, 1.54) is 0 Å². The Balaban J connectivity index is 1.66. The quantitative estimate of drug-likeness (QED) is 0.359. The monoisotopic (exact) mass is 373 g/mol. The number of benzene rings is 3. The molecule has 1 N–H and O–H groups in total. The Morgan fingerprint density at radius 1 is 1.00 bits per heavy atom. The fourth-order valence-corrected chi connectivity index (χ4v) is 3.39. The molecule has 0 saturated heterocycles. The first kappa shape index (κ1) is 18.3. The van der Waals surface area contributed by atoms with Gasteiger partial charge in [0.05, 0.1) is 12.7 Å². The minimum Gasteiger partial charge on any atom is -0.423 e. The molecule has 142 valence electrons. The number of fused-ring (bicyclic) bond motifs is 3. The van der Waals surface area contributed by atoms with Gasteiger partial charge in [-0.1, -0.05) is 42.5 Å². The van der Waals surface area contributed by atoms with E-state index in [2.05, 4.69) is 23.5 Å². The van der Waals surface area contributed by atoms with Crippen molar-refractivity contribution in [2.75, 3.05) is 5.32 Å². The number of rotatable bonds is 6. The van der Waals surface area contributed by atoms with Gasteiger partial charge in [-0.05, 0) is 53.9 Å². The summed E-state index contributed by atoms with van der Waals surface area (Å²) < 4.78 is 11.1. The van der Waals surface area contributed by atoms with Gasteiger partial charge in [0.1, 0.15) is 5.58 Å². The van der Waals surface area contributed by atoms with Crippen molar-refractivity contribution in [3.63, 3.8) is 0 Å². The van der Waals surface area contributed by atoms with Crippen LogP contribution in [0.4, 0.5) is 5.69 Å². The lowest BCUT2D eigenvalue weighted by Gasteiger charge is -2.12. The van der Waals surface area contributed by atoms with Crippen molar-refractivity contribution in [3.8, 4) is 0 Å². The van der Waals surface area contributed by atoms with Crippen LogP contribution in [0.1, 0.15) is 25.0 Å².